The molecular weight excluding hydrogens is 240 g/mol. The molecule has 3 N–H and O–H groups in total. The zero-order valence-corrected chi connectivity index (χ0v) is 11.9. The van der Waals surface area contributed by atoms with E-state index in [2.05, 4.69) is 10.6 Å². The maximum absolute atomic E-state index is 12.0. The van der Waals surface area contributed by atoms with Crippen LogP contribution in [0.15, 0.2) is 0 Å². The summed E-state index contributed by atoms with van der Waals surface area (Å²) >= 11 is 0. The first kappa shape index (κ1) is 14.8. The summed E-state index contributed by atoms with van der Waals surface area (Å²) in [7, 11) is 0. The highest BCUT2D eigenvalue weighted by atomic mass is 16.3. The standard InChI is InChI=1S/C15H28N2O2/c18-11-12-5-1-2-7-14(12)17-15(19)9-8-13-6-3-4-10-16-13/h12-14,16,18H,1-11H2,(H,17,19). The number of carbonyl (C=O) groups is 1. The molecule has 4 nitrogen and oxygen atoms in total. The topological polar surface area (TPSA) is 61.4 Å². The third-order valence-corrected chi connectivity index (χ3v) is 4.62. The van der Waals surface area contributed by atoms with Gasteiger partial charge in [0.2, 0.25) is 5.91 Å². The summed E-state index contributed by atoms with van der Waals surface area (Å²) in [6.07, 6.45) is 9.75. The Kier molecular flexibility index (Phi) is 6.11. The van der Waals surface area contributed by atoms with Crippen LogP contribution in [0, 0.1) is 5.92 Å². The van der Waals surface area contributed by atoms with Crippen molar-refractivity contribution in [2.24, 2.45) is 5.92 Å². The van der Waals surface area contributed by atoms with Gasteiger partial charge in [-0.2, -0.15) is 0 Å². The van der Waals surface area contributed by atoms with Gasteiger partial charge in [0.1, 0.15) is 0 Å². The number of aliphatic hydroxyl groups excluding tert-OH is 1. The molecule has 1 aliphatic carbocycles. The summed E-state index contributed by atoms with van der Waals surface area (Å²) in [6.45, 7) is 1.30. The molecule has 1 saturated heterocycles. The average Bonchev–Trinajstić information content (AvgIpc) is 2.47. The van der Waals surface area contributed by atoms with E-state index in [0.29, 0.717) is 12.5 Å². The number of hydrogen-bond donors (Lipinski definition) is 3. The van der Waals surface area contributed by atoms with Crippen LogP contribution in [0.2, 0.25) is 0 Å². The lowest BCUT2D eigenvalue weighted by Crippen LogP contribution is -2.44. The Morgan fingerprint density at radius 2 is 1.95 bits per heavy atom. The van der Waals surface area contributed by atoms with E-state index < -0.39 is 0 Å². The van der Waals surface area contributed by atoms with Crippen molar-refractivity contribution in [2.75, 3.05) is 13.2 Å². The van der Waals surface area contributed by atoms with E-state index in [-0.39, 0.29) is 24.5 Å². The summed E-state index contributed by atoms with van der Waals surface area (Å²) in [6, 6.07) is 0.727. The van der Waals surface area contributed by atoms with Gasteiger partial charge in [-0.05, 0) is 38.6 Å². The van der Waals surface area contributed by atoms with Gasteiger partial charge in [-0.15, -0.1) is 0 Å². The van der Waals surface area contributed by atoms with Crippen LogP contribution < -0.4 is 10.6 Å². The number of rotatable bonds is 5. The van der Waals surface area contributed by atoms with Crippen molar-refractivity contribution >= 4 is 5.91 Å². The van der Waals surface area contributed by atoms with Crippen molar-refractivity contribution in [2.45, 2.75) is 69.9 Å². The van der Waals surface area contributed by atoms with Gasteiger partial charge in [0, 0.05) is 31.0 Å². The van der Waals surface area contributed by atoms with Crippen molar-refractivity contribution < 1.29 is 9.90 Å². The SMILES string of the molecule is O=C(CCC1CCCCN1)NC1CCCCC1CO. The number of hydrogen-bond acceptors (Lipinski definition) is 3. The first-order chi connectivity index (χ1) is 9.29. The van der Waals surface area contributed by atoms with Gasteiger partial charge < -0.3 is 15.7 Å². The first-order valence-electron chi connectivity index (χ1n) is 7.93. The third-order valence-electron chi connectivity index (χ3n) is 4.62. The van der Waals surface area contributed by atoms with Crippen molar-refractivity contribution in [1.29, 1.82) is 0 Å². The second-order valence-electron chi connectivity index (χ2n) is 6.09. The van der Waals surface area contributed by atoms with Gasteiger partial charge in [0.25, 0.3) is 0 Å². The van der Waals surface area contributed by atoms with Crippen LogP contribution in [-0.2, 0) is 4.79 Å². The van der Waals surface area contributed by atoms with Crippen molar-refractivity contribution in [1.82, 2.24) is 10.6 Å². The molecule has 19 heavy (non-hydrogen) atoms. The fraction of sp³-hybridized carbons (Fsp3) is 0.933. The Labute approximate surface area is 116 Å². The molecule has 0 aromatic carbocycles. The Balaban J connectivity index is 1.67. The second kappa shape index (κ2) is 7.85. The Morgan fingerprint density at radius 3 is 2.68 bits per heavy atom. The molecule has 1 heterocycles. The first-order valence-corrected chi connectivity index (χ1v) is 7.93. The highest BCUT2D eigenvalue weighted by Crippen LogP contribution is 2.24. The molecule has 0 aromatic rings. The molecule has 1 saturated carbocycles. The number of amides is 1. The number of carbonyl (C=O) groups excluding carboxylic acids is 1. The minimum Gasteiger partial charge on any atom is -0.396 e. The van der Waals surface area contributed by atoms with Crippen molar-refractivity contribution in [3.8, 4) is 0 Å². The van der Waals surface area contributed by atoms with Crippen LogP contribution in [0.3, 0.4) is 0 Å². The molecule has 110 valence electrons. The molecular formula is C15H28N2O2. The van der Waals surface area contributed by atoms with Gasteiger partial charge in [0.05, 0.1) is 0 Å². The molecule has 4 heteroatoms. The molecule has 2 fully saturated rings. The quantitative estimate of drug-likeness (QED) is 0.709. The zero-order valence-electron chi connectivity index (χ0n) is 11.9. The Bertz CT molecular complexity index is 277. The van der Waals surface area contributed by atoms with E-state index in [1.165, 1.54) is 32.1 Å². The molecule has 1 amide bonds. The smallest absolute Gasteiger partial charge is 0.220 e. The minimum absolute atomic E-state index is 0.165. The predicted octanol–water partition coefficient (Wildman–Crippen LogP) is 1.58. The summed E-state index contributed by atoms with van der Waals surface area (Å²) in [4.78, 5) is 12.0. The fourth-order valence-corrected chi connectivity index (χ4v) is 3.37. The van der Waals surface area contributed by atoms with E-state index in [1.54, 1.807) is 0 Å². The van der Waals surface area contributed by atoms with Crippen LogP contribution in [0.4, 0.5) is 0 Å². The van der Waals surface area contributed by atoms with E-state index in [1.807, 2.05) is 0 Å². The highest BCUT2D eigenvalue weighted by Gasteiger charge is 2.25. The van der Waals surface area contributed by atoms with E-state index >= 15 is 0 Å². The summed E-state index contributed by atoms with van der Waals surface area (Å²) in [5.74, 6) is 0.434. The van der Waals surface area contributed by atoms with Crippen LogP contribution >= 0.6 is 0 Å². The molecule has 0 bridgehead atoms. The molecule has 3 atom stereocenters. The zero-order chi connectivity index (χ0) is 13.5. The van der Waals surface area contributed by atoms with Gasteiger partial charge >= 0.3 is 0 Å². The van der Waals surface area contributed by atoms with Crippen molar-refractivity contribution in [3.63, 3.8) is 0 Å². The molecule has 0 radical (unpaired) electrons. The normalized spacial score (nSPS) is 31.9. The van der Waals surface area contributed by atoms with Crippen molar-refractivity contribution in [3.05, 3.63) is 0 Å². The number of nitrogens with one attached hydrogen (secondary N) is 2. The van der Waals surface area contributed by atoms with Crippen LogP contribution in [0.1, 0.15) is 57.8 Å². The van der Waals surface area contributed by atoms with E-state index in [9.17, 15) is 9.90 Å². The molecule has 2 rings (SSSR count). The third kappa shape index (κ3) is 4.77. The summed E-state index contributed by atoms with van der Waals surface area (Å²) in [5.41, 5.74) is 0. The predicted molar refractivity (Wildman–Crippen MR) is 75.9 cm³/mol. The summed E-state index contributed by atoms with van der Waals surface area (Å²) in [5, 5.41) is 16.0. The molecule has 0 aromatic heterocycles. The summed E-state index contributed by atoms with van der Waals surface area (Å²) < 4.78 is 0. The molecule has 1 aliphatic heterocycles. The highest BCUT2D eigenvalue weighted by molar-refractivity contribution is 5.76. The van der Waals surface area contributed by atoms with Gasteiger partial charge in [-0.3, -0.25) is 4.79 Å². The van der Waals surface area contributed by atoms with Gasteiger partial charge in [-0.25, -0.2) is 0 Å². The largest absolute Gasteiger partial charge is 0.396 e. The lowest BCUT2D eigenvalue weighted by atomic mass is 9.85. The maximum Gasteiger partial charge on any atom is 0.220 e. The second-order valence-corrected chi connectivity index (χ2v) is 6.09. The number of piperidine rings is 1. The maximum atomic E-state index is 12.0. The van der Waals surface area contributed by atoms with Crippen LogP contribution in [0.5, 0.6) is 0 Å². The fourth-order valence-electron chi connectivity index (χ4n) is 3.37. The van der Waals surface area contributed by atoms with Gasteiger partial charge in [-0.1, -0.05) is 19.3 Å². The molecule has 3 unspecified atom stereocenters. The van der Waals surface area contributed by atoms with Gasteiger partial charge in [0.15, 0.2) is 0 Å². The van der Waals surface area contributed by atoms with E-state index in [0.717, 1.165) is 25.8 Å². The van der Waals surface area contributed by atoms with Crippen LogP contribution in [-0.4, -0.2) is 36.2 Å². The number of aliphatic hydroxyl groups is 1. The Morgan fingerprint density at radius 1 is 1.16 bits per heavy atom. The average molecular weight is 268 g/mol. The van der Waals surface area contributed by atoms with E-state index in [4.69, 9.17) is 0 Å². The molecule has 0 spiro atoms. The minimum atomic E-state index is 0.165. The lowest BCUT2D eigenvalue weighted by molar-refractivity contribution is -0.122. The van der Waals surface area contributed by atoms with Crippen LogP contribution in [0.25, 0.3) is 0 Å². The molecule has 2 aliphatic rings. The monoisotopic (exact) mass is 268 g/mol. The lowest BCUT2D eigenvalue weighted by Gasteiger charge is -2.31. The Hall–Kier alpha value is -0.610.